The van der Waals surface area contributed by atoms with Crippen molar-refractivity contribution in [3.63, 3.8) is 0 Å². The highest BCUT2D eigenvalue weighted by atomic mass is 32.1. The van der Waals surface area contributed by atoms with Gasteiger partial charge in [-0.1, -0.05) is 6.92 Å². The molecule has 1 aromatic heterocycles. The summed E-state index contributed by atoms with van der Waals surface area (Å²) >= 11 is 1.49. The van der Waals surface area contributed by atoms with Crippen LogP contribution in [0, 0.1) is 6.92 Å². The predicted octanol–water partition coefficient (Wildman–Crippen LogP) is 1.70. The van der Waals surface area contributed by atoms with Crippen LogP contribution in [0.2, 0.25) is 0 Å². The average molecular weight is 268 g/mol. The van der Waals surface area contributed by atoms with Gasteiger partial charge < -0.3 is 5.32 Å². The average Bonchev–Trinajstić information content (AvgIpc) is 2.73. The number of carbonyl (C=O) groups excluding carboxylic acids is 2. The van der Waals surface area contributed by atoms with Crippen molar-refractivity contribution in [3.05, 3.63) is 21.9 Å². The molecule has 0 bridgehead atoms. The van der Waals surface area contributed by atoms with E-state index in [2.05, 4.69) is 5.32 Å². The number of Topliss-reactive ketones (excluding diaryl/α,β-unsaturated/α-hetero) is 1. The smallest absolute Gasteiger partial charge is 0.234 e. The van der Waals surface area contributed by atoms with Gasteiger partial charge in [-0.2, -0.15) is 0 Å². The third-order valence-corrected chi connectivity index (χ3v) is 3.46. The van der Waals surface area contributed by atoms with Crippen LogP contribution in [0.4, 0.5) is 0 Å². The predicted molar refractivity (Wildman–Crippen MR) is 74.2 cm³/mol. The lowest BCUT2D eigenvalue weighted by Crippen LogP contribution is -2.37. The number of aryl methyl sites for hydroxylation is 1. The Labute approximate surface area is 112 Å². The second-order valence-electron chi connectivity index (χ2n) is 4.36. The monoisotopic (exact) mass is 268 g/mol. The van der Waals surface area contributed by atoms with E-state index in [1.54, 1.807) is 11.9 Å². The summed E-state index contributed by atoms with van der Waals surface area (Å²) in [7, 11) is 1.78. The van der Waals surface area contributed by atoms with Gasteiger partial charge in [0.1, 0.15) is 0 Å². The summed E-state index contributed by atoms with van der Waals surface area (Å²) < 4.78 is 0. The first kappa shape index (κ1) is 14.9. The Hall–Kier alpha value is -1.20. The zero-order chi connectivity index (χ0) is 13.5. The number of thiophene rings is 1. The minimum atomic E-state index is -0.0329. The van der Waals surface area contributed by atoms with Crippen LogP contribution in [0.25, 0.3) is 0 Å². The van der Waals surface area contributed by atoms with Gasteiger partial charge in [0, 0.05) is 11.4 Å². The first-order valence-electron chi connectivity index (χ1n) is 6.07. The second-order valence-corrected chi connectivity index (χ2v) is 5.64. The first-order chi connectivity index (χ1) is 8.52. The van der Waals surface area contributed by atoms with Crippen molar-refractivity contribution in [3.8, 4) is 0 Å². The van der Waals surface area contributed by atoms with Crippen molar-refractivity contribution in [2.24, 2.45) is 0 Å². The number of amides is 1. The Morgan fingerprint density at radius 1 is 1.33 bits per heavy atom. The number of nitrogens with zero attached hydrogens (tertiary/aromatic N) is 1. The molecule has 0 radical (unpaired) electrons. The van der Waals surface area contributed by atoms with Crippen molar-refractivity contribution in [2.45, 2.75) is 20.3 Å². The van der Waals surface area contributed by atoms with Crippen LogP contribution in [-0.2, 0) is 4.79 Å². The minimum Gasteiger partial charge on any atom is -0.355 e. The molecule has 1 N–H and O–H groups in total. The highest BCUT2D eigenvalue weighted by Gasteiger charge is 2.13. The van der Waals surface area contributed by atoms with E-state index in [0.29, 0.717) is 6.54 Å². The molecule has 0 unspecified atom stereocenters. The number of hydrogen-bond acceptors (Lipinski definition) is 4. The van der Waals surface area contributed by atoms with E-state index in [-0.39, 0.29) is 24.8 Å². The Balaban J connectivity index is 2.38. The number of carbonyl (C=O) groups is 2. The number of rotatable bonds is 7. The number of nitrogens with one attached hydrogen (secondary N) is 1. The molecule has 100 valence electrons. The van der Waals surface area contributed by atoms with Crippen LogP contribution in [0.1, 0.15) is 27.9 Å². The van der Waals surface area contributed by atoms with Crippen molar-refractivity contribution >= 4 is 23.0 Å². The molecule has 0 aliphatic rings. The molecule has 0 saturated heterocycles. The summed E-state index contributed by atoms with van der Waals surface area (Å²) in [4.78, 5) is 27.0. The highest BCUT2D eigenvalue weighted by molar-refractivity contribution is 7.14. The van der Waals surface area contributed by atoms with E-state index in [9.17, 15) is 9.59 Å². The summed E-state index contributed by atoms with van der Waals surface area (Å²) in [5.41, 5.74) is 0. The van der Waals surface area contributed by atoms with E-state index in [0.717, 1.165) is 16.2 Å². The Morgan fingerprint density at radius 2 is 2.06 bits per heavy atom. The zero-order valence-corrected chi connectivity index (χ0v) is 12.0. The van der Waals surface area contributed by atoms with Crippen LogP contribution in [-0.4, -0.2) is 43.3 Å². The Morgan fingerprint density at radius 3 is 2.61 bits per heavy atom. The molecule has 18 heavy (non-hydrogen) atoms. The lowest BCUT2D eigenvalue weighted by atomic mass is 10.3. The molecule has 0 fully saturated rings. The molecule has 1 amide bonds. The molecule has 0 atom stereocenters. The fraction of sp³-hybridized carbons (Fsp3) is 0.538. The third kappa shape index (κ3) is 4.98. The van der Waals surface area contributed by atoms with Gasteiger partial charge >= 0.3 is 0 Å². The molecular formula is C13H20N2O2S. The number of ketones is 1. The fourth-order valence-electron chi connectivity index (χ4n) is 1.53. The molecule has 1 rings (SSSR count). The fourth-order valence-corrected chi connectivity index (χ4v) is 2.33. The van der Waals surface area contributed by atoms with Gasteiger partial charge in [-0.15, -0.1) is 11.3 Å². The molecule has 0 aromatic carbocycles. The van der Waals surface area contributed by atoms with E-state index >= 15 is 0 Å². The molecule has 0 aliphatic heterocycles. The van der Waals surface area contributed by atoms with Gasteiger partial charge in [0.2, 0.25) is 5.91 Å². The highest BCUT2D eigenvalue weighted by Crippen LogP contribution is 2.15. The first-order valence-corrected chi connectivity index (χ1v) is 6.89. The van der Waals surface area contributed by atoms with Crippen molar-refractivity contribution in [1.29, 1.82) is 0 Å². The van der Waals surface area contributed by atoms with Gasteiger partial charge in [0.05, 0.1) is 18.0 Å². The summed E-state index contributed by atoms with van der Waals surface area (Å²) in [6.07, 6.45) is 0.920. The topological polar surface area (TPSA) is 49.4 Å². The second kappa shape index (κ2) is 7.28. The standard InChI is InChI=1S/C13H20N2O2S/c1-4-7-14-13(17)9-15(3)8-11(16)12-6-5-10(2)18-12/h5-6H,4,7-9H2,1-3H3,(H,14,17). The molecule has 0 aliphatic carbocycles. The van der Waals surface area contributed by atoms with Gasteiger partial charge in [-0.25, -0.2) is 0 Å². The SMILES string of the molecule is CCCNC(=O)CN(C)CC(=O)c1ccc(C)s1. The molecule has 1 aromatic rings. The molecule has 1 heterocycles. The third-order valence-electron chi connectivity index (χ3n) is 2.41. The van der Waals surface area contributed by atoms with E-state index in [1.807, 2.05) is 26.0 Å². The number of hydrogen-bond donors (Lipinski definition) is 1. The maximum atomic E-state index is 11.9. The maximum Gasteiger partial charge on any atom is 0.234 e. The summed E-state index contributed by atoms with van der Waals surface area (Å²) in [5, 5.41) is 2.79. The molecule has 5 heteroatoms. The van der Waals surface area contributed by atoms with Gasteiger partial charge in [0.25, 0.3) is 0 Å². The van der Waals surface area contributed by atoms with Crippen LogP contribution < -0.4 is 5.32 Å². The van der Waals surface area contributed by atoms with Crippen molar-refractivity contribution < 1.29 is 9.59 Å². The minimum absolute atomic E-state index is 0.0329. The summed E-state index contributed by atoms with van der Waals surface area (Å²) in [5.74, 6) is 0.0356. The summed E-state index contributed by atoms with van der Waals surface area (Å²) in [6, 6.07) is 3.78. The summed E-state index contributed by atoms with van der Waals surface area (Å²) in [6.45, 7) is 5.20. The van der Waals surface area contributed by atoms with Crippen LogP contribution in [0.3, 0.4) is 0 Å². The van der Waals surface area contributed by atoms with Crippen LogP contribution in [0.15, 0.2) is 12.1 Å². The molecule has 0 spiro atoms. The zero-order valence-electron chi connectivity index (χ0n) is 11.2. The van der Waals surface area contributed by atoms with Crippen molar-refractivity contribution in [1.82, 2.24) is 10.2 Å². The molecule has 4 nitrogen and oxygen atoms in total. The Kier molecular flexibility index (Phi) is 6.01. The van der Waals surface area contributed by atoms with Gasteiger partial charge in [-0.05, 0) is 32.5 Å². The Bertz CT molecular complexity index is 415. The van der Waals surface area contributed by atoms with Crippen LogP contribution >= 0.6 is 11.3 Å². The van der Waals surface area contributed by atoms with Gasteiger partial charge in [0.15, 0.2) is 5.78 Å². The quantitative estimate of drug-likeness (QED) is 0.766. The lowest BCUT2D eigenvalue weighted by molar-refractivity contribution is -0.121. The van der Waals surface area contributed by atoms with E-state index in [4.69, 9.17) is 0 Å². The maximum absolute atomic E-state index is 11.9. The largest absolute Gasteiger partial charge is 0.355 e. The molecular weight excluding hydrogens is 248 g/mol. The normalized spacial score (nSPS) is 10.7. The molecule has 0 saturated carbocycles. The van der Waals surface area contributed by atoms with E-state index < -0.39 is 0 Å². The number of likely N-dealkylation sites (N-methyl/N-ethyl adjacent to an activating group) is 1. The van der Waals surface area contributed by atoms with E-state index in [1.165, 1.54) is 11.3 Å². The van der Waals surface area contributed by atoms with Crippen molar-refractivity contribution in [2.75, 3.05) is 26.7 Å². The lowest BCUT2D eigenvalue weighted by Gasteiger charge is -2.14. The van der Waals surface area contributed by atoms with Crippen LogP contribution in [0.5, 0.6) is 0 Å². The van der Waals surface area contributed by atoms with Gasteiger partial charge in [-0.3, -0.25) is 14.5 Å².